The van der Waals surface area contributed by atoms with Crippen molar-refractivity contribution in [1.82, 2.24) is 40.0 Å². The van der Waals surface area contributed by atoms with E-state index in [1.165, 1.54) is 14.2 Å². The van der Waals surface area contributed by atoms with Crippen molar-refractivity contribution in [3.8, 4) is 33.5 Å². The Balaban J connectivity index is 1.05. The molecule has 6 atom stereocenters. The van der Waals surface area contributed by atoms with Crippen LogP contribution in [0, 0.1) is 23.7 Å². The van der Waals surface area contributed by atoms with Gasteiger partial charge in [-0.05, 0) is 76.5 Å². The van der Waals surface area contributed by atoms with Crippen molar-refractivity contribution in [2.75, 3.05) is 27.3 Å². The van der Waals surface area contributed by atoms with Crippen LogP contribution in [-0.4, -0.2) is 92.7 Å². The Morgan fingerprint density at radius 1 is 0.689 bits per heavy atom. The summed E-state index contributed by atoms with van der Waals surface area (Å²) in [6, 6.07) is 21.3. The maximum absolute atomic E-state index is 13.9. The minimum Gasteiger partial charge on any atom is -0.453 e. The average Bonchev–Trinajstić information content (AvgIpc) is 4.06. The third-order valence-corrected chi connectivity index (χ3v) is 12.2. The molecule has 2 saturated heterocycles. The monoisotopic (exact) mass is 830 g/mol. The van der Waals surface area contributed by atoms with E-state index >= 15 is 0 Å². The largest absolute Gasteiger partial charge is 0.453 e. The first kappa shape index (κ1) is 42.9. The second-order valence-corrected chi connectivity index (χ2v) is 17.5. The van der Waals surface area contributed by atoms with E-state index in [-0.39, 0.29) is 47.6 Å². The van der Waals surface area contributed by atoms with Gasteiger partial charge in [-0.25, -0.2) is 19.6 Å². The molecule has 4 amide bonds. The average molecular weight is 831 g/mol. The van der Waals surface area contributed by atoms with Crippen LogP contribution in [0.15, 0.2) is 72.9 Å². The number of benzene rings is 3. The van der Waals surface area contributed by atoms with Crippen molar-refractivity contribution in [1.29, 1.82) is 0 Å². The van der Waals surface area contributed by atoms with E-state index < -0.39 is 24.3 Å². The maximum atomic E-state index is 13.9. The van der Waals surface area contributed by atoms with Crippen molar-refractivity contribution < 1.29 is 28.7 Å². The maximum Gasteiger partial charge on any atom is 0.407 e. The lowest BCUT2D eigenvalue weighted by Gasteiger charge is -2.30. The molecular weight excluding hydrogens is 773 g/mol. The second kappa shape index (κ2) is 17.8. The summed E-state index contributed by atoms with van der Waals surface area (Å²) in [5.74, 6) is 1.61. The van der Waals surface area contributed by atoms with Crippen LogP contribution in [0.25, 0.3) is 44.5 Å². The third kappa shape index (κ3) is 8.85. The number of rotatable bonds is 11. The first-order valence-corrected chi connectivity index (χ1v) is 21.2. The van der Waals surface area contributed by atoms with Crippen LogP contribution in [-0.2, 0) is 26.1 Å². The molecule has 14 heteroatoms. The summed E-state index contributed by atoms with van der Waals surface area (Å²) >= 11 is 0. The van der Waals surface area contributed by atoms with E-state index in [2.05, 4.69) is 94.7 Å². The first-order chi connectivity index (χ1) is 29.2. The standard InChI is InChI=1S/C47H58N8O6/c1-26(2)40(51-46(58)60-8)44(56)54-24-28(5)20-38(54)42-48-23-36(49-42)33-16-14-31(15-17-33)30-10-12-32(13-11-30)34-18-19-35-37(22-34)53(7)43(50-35)39-21-29(6)25-55(39)45(57)41(27(3)4)52-47(59)61-9/h10-19,22-23,26-29,38-41H,20-21,24-25H2,1-9H3,(H,48,49)(H,51,58)(H,52,59)/t28-,29-,38-,39?,40-,41-/m0/s1. The van der Waals surface area contributed by atoms with Crippen LogP contribution in [0.1, 0.15) is 78.1 Å². The highest BCUT2D eigenvalue weighted by molar-refractivity contribution is 5.88. The molecule has 3 N–H and O–H groups in total. The number of ether oxygens (including phenoxy) is 2. The zero-order valence-corrected chi connectivity index (χ0v) is 36.6. The van der Waals surface area contributed by atoms with Crippen LogP contribution in [0.5, 0.6) is 0 Å². The predicted octanol–water partition coefficient (Wildman–Crippen LogP) is 7.88. The van der Waals surface area contributed by atoms with E-state index in [9.17, 15) is 19.2 Å². The molecular formula is C47H58N8O6. The van der Waals surface area contributed by atoms with Gasteiger partial charge in [0.05, 0.1) is 49.2 Å². The quantitative estimate of drug-likeness (QED) is 0.121. The number of aromatic amines is 1. The second-order valence-electron chi connectivity index (χ2n) is 17.5. The van der Waals surface area contributed by atoms with Gasteiger partial charge in [0, 0.05) is 20.1 Å². The zero-order chi connectivity index (χ0) is 43.7. The van der Waals surface area contributed by atoms with Gasteiger partial charge in [0.2, 0.25) is 11.8 Å². The Labute approximate surface area is 357 Å². The SMILES string of the molecule is COC(=O)N[C@H](C(=O)N1C[C@@H](C)CC1c1nc2ccc(-c3ccc(-c4ccc(-c5cnc([C@@H]6C[C@H](C)CN6C(=O)[C@@H](NC(=O)OC)C(C)C)[nH]5)cc4)cc3)cc2n1C)C(C)C. The van der Waals surface area contributed by atoms with E-state index in [4.69, 9.17) is 19.4 Å². The Bertz CT molecular complexity index is 2390. The number of hydrogen-bond acceptors (Lipinski definition) is 8. The Kier molecular flexibility index (Phi) is 12.5. The summed E-state index contributed by atoms with van der Waals surface area (Å²) in [5, 5.41) is 5.46. The number of nitrogens with zero attached hydrogens (tertiary/aromatic N) is 5. The fourth-order valence-electron chi connectivity index (χ4n) is 8.88. The van der Waals surface area contributed by atoms with Gasteiger partial charge in [-0.1, -0.05) is 96.1 Å². The van der Waals surface area contributed by atoms with Crippen molar-refractivity contribution in [2.24, 2.45) is 30.7 Å². The van der Waals surface area contributed by atoms with Crippen LogP contribution < -0.4 is 10.6 Å². The van der Waals surface area contributed by atoms with Crippen LogP contribution in [0.4, 0.5) is 9.59 Å². The number of aromatic nitrogens is 4. The number of amides is 4. The number of carbonyl (C=O) groups excluding carboxylic acids is 4. The van der Waals surface area contributed by atoms with Gasteiger partial charge >= 0.3 is 12.2 Å². The molecule has 4 heterocycles. The van der Waals surface area contributed by atoms with Gasteiger partial charge in [-0.15, -0.1) is 0 Å². The zero-order valence-electron chi connectivity index (χ0n) is 36.6. The summed E-state index contributed by atoms with van der Waals surface area (Å²) in [6.07, 6.45) is 2.12. The molecule has 0 spiro atoms. The van der Waals surface area contributed by atoms with Gasteiger partial charge in [-0.3, -0.25) is 9.59 Å². The molecule has 5 aromatic rings. The summed E-state index contributed by atoms with van der Waals surface area (Å²) < 4.78 is 11.7. The molecule has 2 fully saturated rings. The number of H-pyrrole nitrogens is 1. The van der Waals surface area contributed by atoms with Gasteiger partial charge in [0.15, 0.2) is 0 Å². The highest BCUT2D eigenvalue weighted by Crippen LogP contribution is 2.39. The minimum absolute atomic E-state index is 0.114. The Morgan fingerprint density at radius 3 is 1.66 bits per heavy atom. The Morgan fingerprint density at radius 2 is 1.15 bits per heavy atom. The summed E-state index contributed by atoms with van der Waals surface area (Å²) in [5.41, 5.74) is 7.98. The van der Waals surface area contributed by atoms with Crippen molar-refractivity contribution >= 4 is 35.0 Å². The van der Waals surface area contributed by atoms with Gasteiger partial charge in [0.25, 0.3) is 0 Å². The van der Waals surface area contributed by atoms with Crippen LogP contribution in [0.3, 0.4) is 0 Å². The smallest absolute Gasteiger partial charge is 0.407 e. The van der Waals surface area contributed by atoms with Crippen LogP contribution in [0.2, 0.25) is 0 Å². The lowest BCUT2D eigenvalue weighted by molar-refractivity contribution is -0.136. The number of carbonyl (C=O) groups is 4. The molecule has 61 heavy (non-hydrogen) atoms. The number of fused-ring (bicyclic) bond motifs is 1. The summed E-state index contributed by atoms with van der Waals surface area (Å²) in [4.78, 5) is 68.7. The van der Waals surface area contributed by atoms with Gasteiger partial charge in [-0.2, -0.15) is 0 Å². The van der Waals surface area contributed by atoms with Crippen molar-refractivity contribution in [3.05, 3.63) is 84.6 Å². The third-order valence-electron chi connectivity index (χ3n) is 12.2. The van der Waals surface area contributed by atoms with E-state index in [1.54, 1.807) is 0 Å². The topological polar surface area (TPSA) is 164 Å². The number of imidazole rings is 2. The van der Waals surface area contributed by atoms with E-state index in [1.807, 2.05) is 56.8 Å². The number of likely N-dealkylation sites (tertiary alicyclic amines) is 2. The summed E-state index contributed by atoms with van der Waals surface area (Å²) in [7, 11) is 4.60. The van der Waals surface area contributed by atoms with E-state index in [0.717, 1.165) is 69.0 Å². The molecule has 1 unspecified atom stereocenters. The molecule has 7 rings (SSSR count). The molecule has 0 aliphatic carbocycles. The molecule has 322 valence electrons. The molecule has 0 bridgehead atoms. The van der Waals surface area contributed by atoms with Crippen LogP contribution >= 0.6 is 0 Å². The normalized spacial score (nSPS) is 20.0. The fraction of sp³-hybridized carbons (Fsp3) is 0.447. The van der Waals surface area contributed by atoms with E-state index in [0.29, 0.717) is 13.1 Å². The first-order valence-electron chi connectivity index (χ1n) is 21.2. The highest BCUT2D eigenvalue weighted by Gasteiger charge is 2.42. The molecule has 2 aliphatic heterocycles. The van der Waals surface area contributed by atoms with Crippen molar-refractivity contribution in [2.45, 2.75) is 78.6 Å². The number of methoxy groups -OCH3 is 2. The van der Waals surface area contributed by atoms with Gasteiger partial charge < -0.3 is 39.5 Å². The summed E-state index contributed by atoms with van der Waals surface area (Å²) in [6.45, 7) is 13.1. The predicted molar refractivity (Wildman–Crippen MR) is 234 cm³/mol. The Hall–Kier alpha value is -6.18. The highest BCUT2D eigenvalue weighted by atomic mass is 16.5. The molecule has 14 nitrogen and oxygen atoms in total. The number of hydrogen-bond donors (Lipinski definition) is 3. The fourth-order valence-corrected chi connectivity index (χ4v) is 8.88. The minimum atomic E-state index is -0.701. The molecule has 3 aromatic carbocycles. The molecule has 0 saturated carbocycles. The number of alkyl carbamates (subject to hydrolysis) is 2. The number of aryl methyl sites for hydroxylation is 1. The molecule has 0 radical (unpaired) electrons. The van der Waals surface area contributed by atoms with Gasteiger partial charge in [0.1, 0.15) is 23.7 Å². The lowest BCUT2D eigenvalue weighted by atomic mass is 9.99. The van der Waals surface area contributed by atoms with Crippen molar-refractivity contribution in [3.63, 3.8) is 0 Å². The molecule has 2 aliphatic rings. The number of nitrogens with one attached hydrogen (secondary N) is 3. The molecule has 2 aromatic heterocycles. The lowest BCUT2D eigenvalue weighted by Crippen LogP contribution is -2.51.